The predicted molar refractivity (Wildman–Crippen MR) is 87.6 cm³/mol. The van der Waals surface area contributed by atoms with Crippen molar-refractivity contribution in [1.29, 1.82) is 0 Å². The van der Waals surface area contributed by atoms with Gasteiger partial charge in [-0.2, -0.15) is 0 Å². The second-order valence-corrected chi connectivity index (χ2v) is 8.04. The highest BCUT2D eigenvalue weighted by atomic mass is 32.1. The van der Waals surface area contributed by atoms with Crippen molar-refractivity contribution in [2.45, 2.75) is 39.5 Å². The van der Waals surface area contributed by atoms with Crippen LogP contribution in [0, 0.1) is 11.2 Å². The van der Waals surface area contributed by atoms with E-state index in [9.17, 15) is 9.18 Å². The maximum Gasteiger partial charge on any atom is 0.227 e. The lowest BCUT2D eigenvalue weighted by molar-refractivity contribution is -0.140. The van der Waals surface area contributed by atoms with Crippen molar-refractivity contribution in [3.05, 3.63) is 29.0 Å². The number of aromatic nitrogens is 1. The van der Waals surface area contributed by atoms with Crippen LogP contribution >= 0.6 is 11.3 Å². The molecular formula is C17H21FN2OS. The normalized spacial score (nSPS) is 17.2. The van der Waals surface area contributed by atoms with Crippen LogP contribution in [0.15, 0.2) is 18.2 Å². The largest absolute Gasteiger partial charge is 0.342 e. The summed E-state index contributed by atoms with van der Waals surface area (Å²) in [4.78, 5) is 18.9. The maximum absolute atomic E-state index is 13.3. The van der Waals surface area contributed by atoms with Crippen LogP contribution in [-0.2, 0) is 4.79 Å². The summed E-state index contributed by atoms with van der Waals surface area (Å²) in [7, 11) is 0. The molecule has 1 saturated heterocycles. The summed E-state index contributed by atoms with van der Waals surface area (Å²) < 4.78 is 14.3. The number of nitrogens with zero attached hydrogens (tertiary/aromatic N) is 2. The molecule has 1 fully saturated rings. The Morgan fingerprint density at radius 3 is 2.64 bits per heavy atom. The monoisotopic (exact) mass is 320 g/mol. The number of piperidine rings is 1. The Hall–Kier alpha value is -1.49. The Kier molecular flexibility index (Phi) is 3.93. The van der Waals surface area contributed by atoms with Gasteiger partial charge in [0, 0.05) is 30.5 Å². The van der Waals surface area contributed by atoms with E-state index in [0.717, 1.165) is 41.2 Å². The average molecular weight is 320 g/mol. The number of thiazole rings is 1. The van der Waals surface area contributed by atoms with Crippen LogP contribution in [0.5, 0.6) is 0 Å². The number of amides is 1. The van der Waals surface area contributed by atoms with E-state index >= 15 is 0 Å². The molecule has 3 rings (SSSR count). The molecule has 0 aliphatic carbocycles. The summed E-state index contributed by atoms with van der Waals surface area (Å²) in [6.07, 6.45) is 1.87. The van der Waals surface area contributed by atoms with Crippen LogP contribution in [0.3, 0.4) is 0 Å². The molecule has 0 unspecified atom stereocenters. The number of fused-ring (bicyclic) bond motifs is 1. The van der Waals surface area contributed by atoms with Gasteiger partial charge in [-0.05, 0) is 25.0 Å². The lowest BCUT2D eigenvalue weighted by Crippen LogP contribution is -2.43. The van der Waals surface area contributed by atoms with Gasteiger partial charge in [0.1, 0.15) is 5.82 Å². The molecule has 1 aromatic carbocycles. The molecule has 2 aromatic rings. The molecule has 0 radical (unpaired) electrons. The fourth-order valence-corrected chi connectivity index (χ4v) is 4.01. The molecule has 0 N–H and O–H groups in total. The number of hydrogen-bond acceptors (Lipinski definition) is 3. The van der Waals surface area contributed by atoms with Gasteiger partial charge in [0.2, 0.25) is 5.91 Å². The topological polar surface area (TPSA) is 33.2 Å². The second-order valence-electron chi connectivity index (χ2n) is 6.98. The first-order valence-electron chi connectivity index (χ1n) is 7.70. The maximum atomic E-state index is 13.3. The van der Waals surface area contributed by atoms with E-state index in [4.69, 9.17) is 0 Å². The van der Waals surface area contributed by atoms with E-state index < -0.39 is 0 Å². The molecule has 0 atom stereocenters. The number of carbonyl (C=O) groups excluding carboxylic acids is 1. The van der Waals surface area contributed by atoms with Gasteiger partial charge in [-0.15, -0.1) is 11.3 Å². The third kappa shape index (κ3) is 3.00. The summed E-state index contributed by atoms with van der Waals surface area (Å²) in [5.74, 6) is 0.358. The molecule has 2 heterocycles. The molecular weight excluding hydrogens is 299 g/mol. The standard InChI is InChI=1S/C17H21FN2OS/c1-17(2,3)16(21)20-8-6-11(7-9-20)15-19-13-10-12(18)4-5-14(13)22-15/h4-5,10-11H,6-9H2,1-3H3. The van der Waals surface area contributed by atoms with Crippen molar-refractivity contribution in [2.24, 2.45) is 5.41 Å². The van der Waals surface area contributed by atoms with Crippen molar-refractivity contribution in [2.75, 3.05) is 13.1 Å². The second kappa shape index (κ2) is 5.61. The zero-order chi connectivity index (χ0) is 15.9. The molecule has 5 heteroatoms. The zero-order valence-corrected chi connectivity index (χ0v) is 14.0. The summed E-state index contributed by atoms with van der Waals surface area (Å²) >= 11 is 1.65. The van der Waals surface area contributed by atoms with Crippen molar-refractivity contribution < 1.29 is 9.18 Å². The molecule has 0 saturated carbocycles. The van der Waals surface area contributed by atoms with E-state index in [1.807, 2.05) is 25.7 Å². The summed E-state index contributed by atoms with van der Waals surface area (Å²) in [6.45, 7) is 7.45. The molecule has 118 valence electrons. The van der Waals surface area contributed by atoms with Crippen LogP contribution in [0.1, 0.15) is 44.5 Å². The Morgan fingerprint density at radius 2 is 2.00 bits per heavy atom. The third-order valence-electron chi connectivity index (χ3n) is 4.14. The van der Waals surface area contributed by atoms with Crippen LogP contribution in [0.4, 0.5) is 4.39 Å². The summed E-state index contributed by atoms with van der Waals surface area (Å²) in [5.41, 5.74) is 0.424. The average Bonchev–Trinajstić information content (AvgIpc) is 2.88. The first kappa shape index (κ1) is 15.4. The van der Waals surface area contributed by atoms with Crippen LogP contribution in [0.2, 0.25) is 0 Å². The van der Waals surface area contributed by atoms with Crippen molar-refractivity contribution in [3.8, 4) is 0 Å². The SMILES string of the molecule is CC(C)(C)C(=O)N1CCC(c2nc3cc(F)ccc3s2)CC1. The van der Waals surface area contributed by atoms with Gasteiger partial charge < -0.3 is 4.90 Å². The Balaban J connectivity index is 1.71. The fraction of sp³-hybridized carbons (Fsp3) is 0.529. The van der Waals surface area contributed by atoms with Gasteiger partial charge in [0.15, 0.2) is 0 Å². The summed E-state index contributed by atoms with van der Waals surface area (Å²) in [5, 5.41) is 1.07. The van der Waals surface area contributed by atoms with E-state index in [0.29, 0.717) is 5.92 Å². The molecule has 1 aliphatic heterocycles. The van der Waals surface area contributed by atoms with Crippen molar-refractivity contribution >= 4 is 27.5 Å². The van der Waals surface area contributed by atoms with Gasteiger partial charge >= 0.3 is 0 Å². The number of halogens is 1. The lowest BCUT2D eigenvalue weighted by Gasteiger charge is -2.35. The number of benzene rings is 1. The fourth-order valence-electron chi connectivity index (χ4n) is 2.90. The highest BCUT2D eigenvalue weighted by Crippen LogP contribution is 2.35. The molecule has 1 aliphatic rings. The zero-order valence-electron chi connectivity index (χ0n) is 13.2. The first-order valence-corrected chi connectivity index (χ1v) is 8.51. The van der Waals surface area contributed by atoms with Crippen LogP contribution in [-0.4, -0.2) is 28.9 Å². The van der Waals surface area contributed by atoms with E-state index in [1.54, 1.807) is 17.4 Å². The number of hydrogen-bond donors (Lipinski definition) is 0. The Morgan fingerprint density at radius 1 is 1.32 bits per heavy atom. The predicted octanol–water partition coefficient (Wildman–Crippen LogP) is 4.19. The van der Waals surface area contributed by atoms with Crippen LogP contribution < -0.4 is 0 Å². The van der Waals surface area contributed by atoms with Gasteiger partial charge in [-0.25, -0.2) is 9.37 Å². The third-order valence-corrected chi connectivity index (χ3v) is 5.34. The molecule has 1 aromatic heterocycles. The minimum Gasteiger partial charge on any atom is -0.342 e. The number of likely N-dealkylation sites (tertiary alicyclic amines) is 1. The first-order chi connectivity index (χ1) is 10.3. The van der Waals surface area contributed by atoms with Gasteiger partial charge in [-0.1, -0.05) is 20.8 Å². The van der Waals surface area contributed by atoms with E-state index in [1.165, 1.54) is 12.1 Å². The quantitative estimate of drug-likeness (QED) is 0.789. The van der Waals surface area contributed by atoms with Crippen LogP contribution in [0.25, 0.3) is 10.2 Å². The Labute approximate surface area is 134 Å². The van der Waals surface area contributed by atoms with E-state index in [2.05, 4.69) is 4.98 Å². The van der Waals surface area contributed by atoms with Gasteiger partial charge in [-0.3, -0.25) is 4.79 Å². The van der Waals surface area contributed by atoms with Gasteiger partial charge in [0.05, 0.1) is 15.2 Å². The van der Waals surface area contributed by atoms with Gasteiger partial charge in [0.25, 0.3) is 0 Å². The highest BCUT2D eigenvalue weighted by Gasteiger charge is 2.31. The minimum atomic E-state index is -0.319. The number of carbonyl (C=O) groups is 1. The molecule has 3 nitrogen and oxygen atoms in total. The Bertz CT molecular complexity index is 696. The molecule has 0 spiro atoms. The highest BCUT2D eigenvalue weighted by molar-refractivity contribution is 7.18. The molecule has 0 bridgehead atoms. The molecule has 22 heavy (non-hydrogen) atoms. The van der Waals surface area contributed by atoms with Crippen molar-refractivity contribution in [1.82, 2.24) is 9.88 Å². The lowest BCUT2D eigenvalue weighted by atomic mass is 9.91. The smallest absolute Gasteiger partial charge is 0.227 e. The van der Waals surface area contributed by atoms with Crippen molar-refractivity contribution in [3.63, 3.8) is 0 Å². The van der Waals surface area contributed by atoms with E-state index in [-0.39, 0.29) is 17.1 Å². The molecule has 1 amide bonds. The number of rotatable bonds is 1. The minimum absolute atomic E-state index is 0.220. The summed E-state index contributed by atoms with van der Waals surface area (Å²) in [6, 6.07) is 4.77.